The number of ketones is 2. The molecule has 0 radical (unpaired) electrons. The fourth-order valence-electron chi connectivity index (χ4n) is 3.80. The van der Waals surface area contributed by atoms with E-state index in [1.807, 2.05) is 44.5 Å². The molecule has 0 aliphatic rings. The third-order valence-corrected chi connectivity index (χ3v) is 8.69. The van der Waals surface area contributed by atoms with E-state index in [1.165, 1.54) is 62.4 Å². The maximum absolute atomic E-state index is 12.6. The van der Waals surface area contributed by atoms with Crippen molar-refractivity contribution in [3.8, 4) is 0 Å². The Morgan fingerprint density at radius 2 is 1.17 bits per heavy atom. The van der Waals surface area contributed by atoms with E-state index in [-0.39, 0.29) is 38.8 Å². The van der Waals surface area contributed by atoms with Crippen molar-refractivity contribution in [2.24, 2.45) is 5.14 Å². The first-order valence-corrected chi connectivity index (χ1v) is 16.6. The number of halogens is 1. The molecule has 0 aromatic heterocycles. The quantitative estimate of drug-likeness (QED) is 0.247. The number of nitrogens with two attached hydrogens (primary N) is 1. The molecule has 3 aromatic rings. The zero-order valence-electron chi connectivity index (χ0n) is 24.1. The Morgan fingerprint density at radius 1 is 0.738 bits per heavy atom. The molecule has 0 heterocycles. The van der Waals surface area contributed by atoms with Crippen LogP contribution in [-0.2, 0) is 20.0 Å². The largest absolute Gasteiger partial charge is 0.333 e. The Morgan fingerprint density at radius 3 is 1.57 bits per heavy atom. The molecule has 10 nitrogen and oxygen atoms in total. The maximum Gasteiger partial charge on any atom is 0.333 e. The second-order valence-corrected chi connectivity index (χ2v) is 14.2. The van der Waals surface area contributed by atoms with Crippen LogP contribution in [0.5, 0.6) is 0 Å². The van der Waals surface area contributed by atoms with Gasteiger partial charge in [-0.3, -0.25) is 9.59 Å². The number of rotatable bonds is 8. The number of sulfonamides is 2. The molecule has 0 atom stereocenters. The van der Waals surface area contributed by atoms with E-state index in [1.54, 1.807) is 0 Å². The molecule has 0 aliphatic heterocycles. The zero-order chi connectivity index (χ0) is 32.0. The minimum absolute atomic E-state index is 0.0415. The lowest BCUT2D eigenvalue weighted by molar-refractivity contribution is 0.100. The molecule has 0 fully saturated rings. The number of primary sulfonamides is 1. The van der Waals surface area contributed by atoms with E-state index in [4.69, 9.17) is 5.14 Å². The summed E-state index contributed by atoms with van der Waals surface area (Å²) in [6.07, 6.45) is 0. The SMILES string of the molecule is CC(=O)c1cccc(S(=O)(=O)NC(=O)Nc2c(C(C)C)cc(Br)cc2C(C)C)c1.CC(=O)c1cccc(S(N)(=O)=O)c1. The van der Waals surface area contributed by atoms with Crippen LogP contribution in [0.25, 0.3) is 0 Å². The average Bonchev–Trinajstić information content (AvgIpc) is 2.88. The summed E-state index contributed by atoms with van der Waals surface area (Å²) in [5.74, 6) is -0.219. The Bertz CT molecular complexity index is 1690. The molecule has 0 aliphatic carbocycles. The van der Waals surface area contributed by atoms with Gasteiger partial charge in [0.2, 0.25) is 10.0 Å². The predicted molar refractivity (Wildman–Crippen MR) is 166 cm³/mol. The number of Topliss-reactive ketones (excluding diaryl/α,β-unsaturated/α-hetero) is 2. The number of nitrogens with one attached hydrogen (secondary N) is 2. The smallest absolute Gasteiger partial charge is 0.307 e. The van der Waals surface area contributed by atoms with Gasteiger partial charge in [0.1, 0.15) is 0 Å². The monoisotopic (exact) mass is 679 g/mol. The third kappa shape index (κ3) is 9.58. The van der Waals surface area contributed by atoms with Gasteiger partial charge in [0, 0.05) is 21.3 Å². The second kappa shape index (κ2) is 14.2. The van der Waals surface area contributed by atoms with Crippen LogP contribution < -0.4 is 15.2 Å². The van der Waals surface area contributed by atoms with Crippen molar-refractivity contribution in [2.45, 2.75) is 63.2 Å². The summed E-state index contributed by atoms with van der Waals surface area (Å²) in [5.41, 5.74) is 2.99. The zero-order valence-corrected chi connectivity index (χ0v) is 27.3. The fourth-order valence-corrected chi connectivity index (χ4v) is 5.80. The van der Waals surface area contributed by atoms with Gasteiger partial charge in [0.25, 0.3) is 10.0 Å². The van der Waals surface area contributed by atoms with Crippen LogP contribution in [0.4, 0.5) is 10.5 Å². The summed E-state index contributed by atoms with van der Waals surface area (Å²) in [6.45, 7) is 10.7. The summed E-state index contributed by atoms with van der Waals surface area (Å²) >= 11 is 3.50. The molecule has 42 heavy (non-hydrogen) atoms. The highest BCUT2D eigenvalue weighted by molar-refractivity contribution is 9.10. The van der Waals surface area contributed by atoms with Gasteiger partial charge < -0.3 is 5.32 Å². The molecule has 2 amide bonds. The molecule has 0 spiro atoms. The van der Waals surface area contributed by atoms with E-state index in [9.17, 15) is 31.2 Å². The standard InChI is InChI=1S/C21H25BrN2O4S.C8H9NO3S/c1-12(2)18-10-16(22)11-19(13(3)4)20(18)23-21(26)24-29(27,28)17-8-6-7-15(9-17)14(5)25;1-6(10)7-3-2-4-8(5-7)13(9,11)12/h6-13H,1-5H3,(H2,23,24,26);2-5H,1H3,(H2,9,11,12). The Labute approximate surface area is 255 Å². The van der Waals surface area contributed by atoms with Crippen molar-refractivity contribution in [1.29, 1.82) is 0 Å². The van der Waals surface area contributed by atoms with Gasteiger partial charge in [-0.15, -0.1) is 0 Å². The van der Waals surface area contributed by atoms with E-state index >= 15 is 0 Å². The van der Waals surface area contributed by atoms with Gasteiger partial charge in [-0.1, -0.05) is 67.9 Å². The molecule has 3 aromatic carbocycles. The van der Waals surface area contributed by atoms with Gasteiger partial charge in [-0.25, -0.2) is 31.5 Å². The minimum Gasteiger partial charge on any atom is -0.307 e. The first kappa shape index (κ1) is 34.8. The molecule has 4 N–H and O–H groups in total. The van der Waals surface area contributed by atoms with Crippen molar-refractivity contribution >= 4 is 59.3 Å². The number of urea groups is 1. The number of carbonyl (C=O) groups is 3. The van der Waals surface area contributed by atoms with Crippen molar-refractivity contribution in [1.82, 2.24) is 4.72 Å². The summed E-state index contributed by atoms with van der Waals surface area (Å²) in [4.78, 5) is 34.8. The van der Waals surface area contributed by atoms with Crippen molar-refractivity contribution < 1.29 is 31.2 Å². The Hall–Kier alpha value is -3.39. The number of amides is 2. The summed E-state index contributed by atoms with van der Waals surface area (Å²) in [7, 11) is -7.84. The van der Waals surface area contributed by atoms with E-state index in [2.05, 4.69) is 21.2 Å². The van der Waals surface area contributed by atoms with Crippen LogP contribution >= 0.6 is 15.9 Å². The van der Waals surface area contributed by atoms with Gasteiger partial charge >= 0.3 is 6.03 Å². The van der Waals surface area contributed by atoms with Gasteiger partial charge in [-0.05, 0) is 73.2 Å². The molecule has 0 saturated carbocycles. The van der Waals surface area contributed by atoms with Crippen LogP contribution in [0.1, 0.15) is 85.2 Å². The molecule has 226 valence electrons. The molecule has 3 rings (SSSR count). The van der Waals surface area contributed by atoms with E-state index < -0.39 is 26.1 Å². The van der Waals surface area contributed by atoms with Crippen molar-refractivity contribution in [3.05, 3.63) is 87.4 Å². The fraction of sp³-hybridized carbons (Fsp3) is 0.276. The first-order valence-electron chi connectivity index (χ1n) is 12.8. The summed E-state index contributed by atoms with van der Waals surface area (Å²) in [6, 6.07) is 14.2. The van der Waals surface area contributed by atoms with E-state index in [0.717, 1.165) is 15.6 Å². The van der Waals surface area contributed by atoms with Gasteiger partial charge in [-0.2, -0.15) is 0 Å². The lowest BCUT2D eigenvalue weighted by atomic mass is 9.93. The first-order chi connectivity index (χ1) is 19.3. The molecule has 0 unspecified atom stereocenters. The van der Waals surface area contributed by atoms with E-state index in [0.29, 0.717) is 11.3 Å². The molecular formula is C29H34BrN3O7S2. The number of hydrogen-bond acceptors (Lipinski definition) is 7. The highest BCUT2D eigenvalue weighted by Crippen LogP contribution is 2.35. The number of hydrogen-bond donors (Lipinski definition) is 3. The Balaban J connectivity index is 0.000000395. The predicted octanol–water partition coefficient (Wildman–Crippen LogP) is 5.95. The normalized spacial score (nSPS) is 11.5. The van der Waals surface area contributed by atoms with Crippen LogP contribution in [0, 0.1) is 0 Å². The Kier molecular flexibility index (Phi) is 11.8. The molecular weight excluding hydrogens is 646 g/mol. The summed E-state index contributed by atoms with van der Waals surface area (Å²) < 4.78 is 49.9. The topological polar surface area (TPSA) is 170 Å². The molecule has 0 saturated heterocycles. The van der Waals surface area contributed by atoms with Crippen LogP contribution in [0.3, 0.4) is 0 Å². The lowest BCUT2D eigenvalue weighted by Crippen LogP contribution is -2.35. The maximum atomic E-state index is 12.6. The second-order valence-electron chi connectivity index (χ2n) is 10.0. The van der Waals surface area contributed by atoms with Gasteiger partial charge in [0.15, 0.2) is 11.6 Å². The van der Waals surface area contributed by atoms with Crippen molar-refractivity contribution in [2.75, 3.05) is 5.32 Å². The minimum atomic E-state index is -4.13. The molecule has 13 heteroatoms. The van der Waals surface area contributed by atoms with Crippen LogP contribution in [0.15, 0.2) is 74.9 Å². The van der Waals surface area contributed by atoms with Crippen molar-refractivity contribution in [3.63, 3.8) is 0 Å². The molecule has 0 bridgehead atoms. The van der Waals surface area contributed by atoms with Crippen LogP contribution in [0.2, 0.25) is 0 Å². The van der Waals surface area contributed by atoms with Crippen LogP contribution in [-0.4, -0.2) is 34.4 Å². The number of carbonyl (C=O) groups excluding carboxylic acids is 3. The average molecular weight is 681 g/mol. The third-order valence-electron chi connectivity index (χ3n) is 5.99. The highest BCUT2D eigenvalue weighted by Gasteiger charge is 2.22. The highest BCUT2D eigenvalue weighted by atomic mass is 79.9. The van der Waals surface area contributed by atoms with Gasteiger partial charge in [0.05, 0.1) is 9.79 Å². The summed E-state index contributed by atoms with van der Waals surface area (Å²) in [5, 5.41) is 7.60. The number of benzene rings is 3. The lowest BCUT2D eigenvalue weighted by Gasteiger charge is -2.21. The number of anilines is 1.